The highest BCUT2D eigenvalue weighted by atomic mass is 32.2. The van der Waals surface area contributed by atoms with E-state index in [1.807, 2.05) is 0 Å². The highest BCUT2D eigenvalue weighted by Crippen LogP contribution is 2.53. The van der Waals surface area contributed by atoms with Crippen molar-refractivity contribution in [1.82, 2.24) is 19.5 Å². The van der Waals surface area contributed by atoms with Crippen molar-refractivity contribution in [3.63, 3.8) is 0 Å². The summed E-state index contributed by atoms with van der Waals surface area (Å²) in [6, 6.07) is 0. The lowest BCUT2D eigenvalue weighted by Gasteiger charge is -2.28. The third kappa shape index (κ3) is 2.52. The molecule has 1 N–H and O–H groups in total. The molecule has 2 aliphatic carbocycles. The Hall–Kier alpha value is -0.950. The van der Waals surface area contributed by atoms with E-state index in [1.54, 1.807) is 18.2 Å². The van der Waals surface area contributed by atoms with Crippen molar-refractivity contribution in [2.24, 2.45) is 5.41 Å². The van der Waals surface area contributed by atoms with Crippen molar-refractivity contribution in [1.29, 1.82) is 0 Å². The lowest BCUT2D eigenvalue weighted by atomic mass is 9.76. The SMILES string of the molecule is CC(C)S(=O)(=O)N1CC(c2nc(C3CC3)n[nH]2)C2(CCCC2)C1. The van der Waals surface area contributed by atoms with Crippen molar-refractivity contribution < 1.29 is 8.42 Å². The van der Waals surface area contributed by atoms with Crippen molar-refractivity contribution in [2.45, 2.75) is 69.5 Å². The van der Waals surface area contributed by atoms with Crippen LogP contribution in [0.1, 0.15) is 75.9 Å². The van der Waals surface area contributed by atoms with E-state index in [2.05, 4.69) is 10.2 Å². The van der Waals surface area contributed by atoms with Crippen LogP contribution >= 0.6 is 0 Å². The first kappa shape index (κ1) is 15.6. The Bertz CT molecular complexity index is 687. The molecular weight excluding hydrogens is 312 g/mol. The molecule has 2 saturated carbocycles. The van der Waals surface area contributed by atoms with Crippen LogP contribution in [-0.4, -0.2) is 46.2 Å². The molecule has 3 aliphatic rings. The van der Waals surface area contributed by atoms with Crippen molar-refractivity contribution >= 4 is 10.0 Å². The minimum atomic E-state index is -3.21. The third-order valence-corrected chi connectivity index (χ3v) is 8.15. The van der Waals surface area contributed by atoms with Crippen LogP contribution in [0.15, 0.2) is 0 Å². The molecule has 0 amide bonds. The van der Waals surface area contributed by atoms with Crippen molar-refractivity contribution in [3.05, 3.63) is 11.6 Å². The summed E-state index contributed by atoms with van der Waals surface area (Å²) < 4.78 is 27.0. The number of aromatic nitrogens is 3. The molecule has 1 saturated heterocycles. The molecule has 0 bridgehead atoms. The average molecular weight is 338 g/mol. The van der Waals surface area contributed by atoms with E-state index in [0.717, 1.165) is 24.5 Å². The fourth-order valence-corrected chi connectivity index (χ4v) is 5.74. The van der Waals surface area contributed by atoms with Crippen LogP contribution in [0.4, 0.5) is 0 Å². The van der Waals surface area contributed by atoms with Gasteiger partial charge in [0.05, 0.1) is 5.25 Å². The first-order valence-corrected chi connectivity index (χ1v) is 10.3. The van der Waals surface area contributed by atoms with Gasteiger partial charge in [0.25, 0.3) is 0 Å². The van der Waals surface area contributed by atoms with Crippen LogP contribution in [-0.2, 0) is 10.0 Å². The summed E-state index contributed by atoms with van der Waals surface area (Å²) in [5.41, 5.74) is 0.0579. The lowest BCUT2D eigenvalue weighted by Crippen LogP contribution is -2.36. The zero-order valence-corrected chi connectivity index (χ0v) is 14.8. The molecule has 128 valence electrons. The molecule has 6 nitrogen and oxygen atoms in total. The first-order chi connectivity index (χ1) is 10.9. The van der Waals surface area contributed by atoms with Gasteiger partial charge in [0.1, 0.15) is 5.82 Å². The fourth-order valence-electron chi connectivity index (χ4n) is 4.35. The van der Waals surface area contributed by atoms with Gasteiger partial charge in [0.2, 0.25) is 10.0 Å². The molecular formula is C16H26N4O2S. The number of aromatic amines is 1. The number of rotatable bonds is 4. The number of sulfonamides is 1. The normalized spacial score (nSPS) is 28.2. The van der Waals surface area contributed by atoms with Crippen molar-refractivity contribution in [2.75, 3.05) is 13.1 Å². The second-order valence-electron chi connectivity index (χ2n) is 7.86. The monoisotopic (exact) mass is 338 g/mol. The number of nitrogens with zero attached hydrogens (tertiary/aromatic N) is 3. The molecule has 2 heterocycles. The second-order valence-corrected chi connectivity index (χ2v) is 10.4. The van der Waals surface area contributed by atoms with Crippen LogP contribution in [0.25, 0.3) is 0 Å². The Morgan fingerprint density at radius 2 is 1.96 bits per heavy atom. The quantitative estimate of drug-likeness (QED) is 0.914. The lowest BCUT2D eigenvalue weighted by molar-refractivity contribution is 0.277. The standard InChI is InChI=1S/C16H26N4O2S/c1-11(2)23(21,22)20-9-13(16(10-20)7-3-4-8-16)15-17-14(18-19-15)12-5-6-12/h11-13H,3-10H2,1-2H3,(H,17,18,19). The Kier molecular flexibility index (Phi) is 3.57. The van der Waals surface area contributed by atoms with Crippen LogP contribution in [0.5, 0.6) is 0 Å². The molecule has 1 aliphatic heterocycles. The van der Waals surface area contributed by atoms with E-state index in [1.165, 1.54) is 25.7 Å². The van der Waals surface area contributed by atoms with Crippen LogP contribution in [0, 0.1) is 5.41 Å². The highest BCUT2D eigenvalue weighted by molar-refractivity contribution is 7.89. The molecule has 7 heteroatoms. The predicted octanol–water partition coefficient (Wildman–Crippen LogP) is 2.38. The first-order valence-electron chi connectivity index (χ1n) is 8.83. The molecule has 1 unspecified atom stereocenters. The van der Waals surface area contributed by atoms with Crippen LogP contribution < -0.4 is 0 Å². The zero-order valence-electron chi connectivity index (χ0n) is 14.0. The Morgan fingerprint density at radius 3 is 2.57 bits per heavy atom. The van der Waals surface area contributed by atoms with Gasteiger partial charge in [-0.1, -0.05) is 12.8 Å². The van der Waals surface area contributed by atoms with Gasteiger partial charge in [-0.05, 0) is 44.9 Å². The average Bonchev–Trinajstić information content (AvgIpc) is 2.96. The van der Waals surface area contributed by atoms with E-state index in [-0.39, 0.29) is 16.6 Å². The highest BCUT2D eigenvalue weighted by Gasteiger charge is 2.53. The smallest absolute Gasteiger partial charge is 0.216 e. The van der Waals surface area contributed by atoms with Gasteiger partial charge in [-0.25, -0.2) is 17.7 Å². The van der Waals surface area contributed by atoms with E-state index in [0.29, 0.717) is 19.0 Å². The molecule has 23 heavy (non-hydrogen) atoms. The summed E-state index contributed by atoms with van der Waals surface area (Å²) in [7, 11) is -3.21. The maximum Gasteiger partial charge on any atom is 0.216 e. The van der Waals surface area contributed by atoms with E-state index in [9.17, 15) is 8.42 Å². The zero-order chi connectivity index (χ0) is 16.2. The molecule has 0 aromatic carbocycles. The molecule has 1 aromatic heterocycles. The molecule has 1 spiro atoms. The minimum Gasteiger partial charge on any atom is -0.263 e. The molecule has 4 rings (SSSR count). The summed E-state index contributed by atoms with van der Waals surface area (Å²) in [5.74, 6) is 2.53. The van der Waals surface area contributed by atoms with E-state index in [4.69, 9.17) is 4.98 Å². The summed E-state index contributed by atoms with van der Waals surface area (Å²) >= 11 is 0. The molecule has 3 fully saturated rings. The van der Waals surface area contributed by atoms with Gasteiger partial charge < -0.3 is 0 Å². The number of H-pyrrole nitrogens is 1. The third-order valence-electron chi connectivity index (χ3n) is 5.96. The summed E-state index contributed by atoms with van der Waals surface area (Å²) in [5, 5.41) is 7.17. The maximum absolute atomic E-state index is 12.7. The fraction of sp³-hybridized carbons (Fsp3) is 0.875. The number of hydrogen-bond acceptors (Lipinski definition) is 4. The van der Waals surface area contributed by atoms with Crippen LogP contribution in [0.2, 0.25) is 0 Å². The Labute approximate surface area is 138 Å². The summed E-state index contributed by atoms with van der Waals surface area (Å²) in [6.07, 6.45) is 6.94. The van der Waals surface area contributed by atoms with Gasteiger partial charge in [-0.2, -0.15) is 5.10 Å². The summed E-state index contributed by atoms with van der Waals surface area (Å²) in [4.78, 5) is 4.75. The van der Waals surface area contributed by atoms with Gasteiger partial charge >= 0.3 is 0 Å². The predicted molar refractivity (Wildman–Crippen MR) is 87.6 cm³/mol. The van der Waals surface area contributed by atoms with E-state index >= 15 is 0 Å². The minimum absolute atomic E-state index is 0.0579. The van der Waals surface area contributed by atoms with Gasteiger partial charge in [-0.3, -0.25) is 5.10 Å². The number of hydrogen-bond donors (Lipinski definition) is 1. The molecule has 1 aromatic rings. The Balaban J connectivity index is 1.65. The van der Waals surface area contributed by atoms with E-state index < -0.39 is 10.0 Å². The van der Waals surface area contributed by atoms with Crippen LogP contribution in [0.3, 0.4) is 0 Å². The summed E-state index contributed by atoms with van der Waals surface area (Å²) in [6.45, 7) is 4.74. The molecule has 1 atom stereocenters. The second kappa shape index (κ2) is 5.28. The van der Waals surface area contributed by atoms with Gasteiger partial charge in [0, 0.05) is 24.9 Å². The number of nitrogens with one attached hydrogen (secondary N) is 1. The van der Waals surface area contributed by atoms with Crippen molar-refractivity contribution in [3.8, 4) is 0 Å². The maximum atomic E-state index is 12.7. The Morgan fingerprint density at radius 1 is 1.26 bits per heavy atom. The topological polar surface area (TPSA) is 79.0 Å². The molecule has 0 radical (unpaired) electrons. The van der Waals surface area contributed by atoms with Gasteiger partial charge in [0.15, 0.2) is 5.82 Å². The largest absolute Gasteiger partial charge is 0.263 e. The van der Waals surface area contributed by atoms with Gasteiger partial charge in [-0.15, -0.1) is 0 Å².